The fourth-order valence-electron chi connectivity index (χ4n) is 4.17. The molecular formula is C20H29N5OS. The molecule has 1 saturated heterocycles. The Bertz CT molecular complexity index is 840. The van der Waals surface area contributed by atoms with Crippen LogP contribution in [0.15, 0.2) is 0 Å². The lowest BCUT2D eigenvalue weighted by atomic mass is 10.0. The maximum atomic E-state index is 12.2. The minimum Gasteiger partial charge on any atom is -0.352 e. The minimum absolute atomic E-state index is 0.286. The molecule has 0 aromatic carbocycles. The molecular weight excluding hydrogens is 358 g/mol. The Morgan fingerprint density at radius 1 is 1.11 bits per heavy atom. The standard InChI is InChI=1S/C20H29N5OS/c1-4-6-17(26)24-9-11-25(12-10-24)19-18-15-7-8-23(5-2)13-16(15)27-20(18)22-14(3)21-19/h4-13H2,1-3H3. The van der Waals surface area contributed by atoms with Gasteiger partial charge in [0.25, 0.3) is 0 Å². The van der Waals surface area contributed by atoms with Crippen LogP contribution < -0.4 is 4.90 Å². The van der Waals surface area contributed by atoms with E-state index in [1.54, 1.807) is 0 Å². The van der Waals surface area contributed by atoms with Crippen molar-refractivity contribution in [2.45, 2.75) is 46.6 Å². The van der Waals surface area contributed by atoms with Gasteiger partial charge in [-0.25, -0.2) is 9.97 Å². The van der Waals surface area contributed by atoms with Crippen LogP contribution in [0.5, 0.6) is 0 Å². The summed E-state index contributed by atoms with van der Waals surface area (Å²) in [5.41, 5.74) is 1.46. The molecule has 146 valence electrons. The van der Waals surface area contributed by atoms with Gasteiger partial charge in [-0.05, 0) is 31.9 Å². The van der Waals surface area contributed by atoms with Gasteiger partial charge in [0.15, 0.2) is 0 Å². The van der Waals surface area contributed by atoms with E-state index in [-0.39, 0.29) is 5.91 Å². The maximum absolute atomic E-state index is 12.2. The van der Waals surface area contributed by atoms with Crippen molar-refractivity contribution in [1.29, 1.82) is 0 Å². The number of amides is 1. The Labute approximate surface area is 165 Å². The molecule has 0 spiro atoms. The second kappa shape index (κ2) is 7.72. The average molecular weight is 388 g/mol. The first-order chi connectivity index (χ1) is 13.1. The second-order valence-corrected chi connectivity index (χ2v) is 8.60. The first kappa shape index (κ1) is 18.6. The van der Waals surface area contributed by atoms with Gasteiger partial charge in [-0.1, -0.05) is 13.8 Å². The second-order valence-electron chi connectivity index (χ2n) is 7.51. The normalized spacial score (nSPS) is 18.2. The van der Waals surface area contributed by atoms with Crippen molar-refractivity contribution in [3.8, 4) is 0 Å². The highest BCUT2D eigenvalue weighted by Crippen LogP contribution is 2.39. The Hall–Kier alpha value is -1.73. The number of piperazine rings is 1. The molecule has 0 aliphatic carbocycles. The van der Waals surface area contributed by atoms with Gasteiger partial charge in [0, 0.05) is 50.6 Å². The number of aromatic nitrogens is 2. The van der Waals surface area contributed by atoms with Crippen LogP contribution >= 0.6 is 11.3 Å². The zero-order chi connectivity index (χ0) is 19.0. The van der Waals surface area contributed by atoms with Crippen LogP contribution in [-0.2, 0) is 17.8 Å². The van der Waals surface area contributed by atoms with Crippen LogP contribution in [0.25, 0.3) is 10.2 Å². The lowest BCUT2D eigenvalue weighted by Crippen LogP contribution is -2.49. The molecule has 0 bridgehead atoms. The molecule has 7 heteroatoms. The van der Waals surface area contributed by atoms with Crippen molar-refractivity contribution < 1.29 is 4.79 Å². The molecule has 1 amide bonds. The molecule has 6 nitrogen and oxygen atoms in total. The van der Waals surface area contributed by atoms with E-state index in [9.17, 15) is 4.79 Å². The number of anilines is 1. The molecule has 0 N–H and O–H groups in total. The topological polar surface area (TPSA) is 52.6 Å². The van der Waals surface area contributed by atoms with Gasteiger partial charge in [-0.2, -0.15) is 0 Å². The largest absolute Gasteiger partial charge is 0.352 e. The van der Waals surface area contributed by atoms with E-state index in [2.05, 4.69) is 23.6 Å². The molecule has 0 radical (unpaired) electrons. The fraction of sp³-hybridized carbons (Fsp3) is 0.650. The number of likely N-dealkylation sites (N-methyl/N-ethyl adjacent to an activating group) is 1. The third-order valence-corrected chi connectivity index (χ3v) is 6.83. The number of hydrogen-bond acceptors (Lipinski definition) is 6. The third-order valence-electron chi connectivity index (χ3n) is 5.71. The van der Waals surface area contributed by atoms with Crippen molar-refractivity contribution in [2.75, 3.05) is 44.2 Å². The molecule has 2 aromatic rings. The number of carbonyl (C=O) groups is 1. The Morgan fingerprint density at radius 2 is 1.89 bits per heavy atom. The van der Waals surface area contributed by atoms with Gasteiger partial charge in [0.05, 0.1) is 5.39 Å². The molecule has 2 aromatic heterocycles. The molecule has 2 aliphatic heterocycles. The van der Waals surface area contributed by atoms with Crippen molar-refractivity contribution >= 4 is 33.3 Å². The van der Waals surface area contributed by atoms with E-state index in [4.69, 9.17) is 9.97 Å². The van der Waals surface area contributed by atoms with Gasteiger partial charge >= 0.3 is 0 Å². The van der Waals surface area contributed by atoms with Gasteiger partial charge in [0.2, 0.25) is 5.91 Å². The smallest absolute Gasteiger partial charge is 0.222 e. The lowest BCUT2D eigenvalue weighted by molar-refractivity contribution is -0.131. The van der Waals surface area contributed by atoms with E-state index in [1.807, 2.05) is 23.2 Å². The molecule has 0 atom stereocenters. The number of nitrogens with zero attached hydrogens (tertiary/aromatic N) is 5. The van der Waals surface area contributed by atoms with Gasteiger partial charge in [0.1, 0.15) is 16.5 Å². The summed E-state index contributed by atoms with van der Waals surface area (Å²) in [4.78, 5) is 31.3. The predicted molar refractivity (Wildman–Crippen MR) is 111 cm³/mol. The summed E-state index contributed by atoms with van der Waals surface area (Å²) in [6.07, 6.45) is 2.65. The molecule has 0 unspecified atom stereocenters. The molecule has 27 heavy (non-hydrogen) atoms. The highest BCUT2D eigenvalue weighted by molar-refractivity contribution is 7.19. The number of hydrogen-bond donors (Lipinski definition) is 0. The van der Waals surface area contributed by atoms with Crippen molar-refractivity contribution in [1.82, 2.24) is 19.8 Å². The fourth-order valence-corrected chi connectivity index (χ4v) is 5.47. The van der Waals surface area contributed by atoms with E-state index in [1.165, 1.54) is 15.8 Å². The molecule has 1 fully saturated rings. The van der Waals surface area contributed by atoms with Crippen LogP contribution in [0, 0.1) is 6.92 Å². The van der Waals surface area contributed by atoms with Crippen LogP contribution in [-0.4, -0.2) is 64.9 Å². The van der Waals surface area contributed by atoms with Crippen LogP contribution in [0.3, 0.4) is 0 Å². The Morgan fingerprint density at radius 3 is 2.59 bits per heavy atom. The van der Waals surface area contributed by atoms with Gasteiger partial charge in [-0.15, -0.1) is 11.3 Å². The van der Waals surface area contributed by atoms with Crippen LogP contribution in [0.2, 0.25) is 0 Å². The quantitative estimate of drug-likeness (QED) is 0.807. The van der Waals surface area contributed by atoms with Gasteiger partial charge < -0.3 is 9.80 Å². The first-order valence-corrected chi connectivity index (χ1v) is 11.0. The summed E-state index contributed by atoms with van der Waals surface area (Å²) in [6, 6.07) is 0. The number of aryl methyl sites for hydroxylation is 1. The third kappa shape index (κ3) is 3.55. The molecule has 4 heterocycles. The lowest BCUT2D eigenvalue weighted by Gasteiger charge is -2.36. The summed E-state index contributed by atoms with van der Waals surface area (Å²) in [7, 11) is 0. The zero-order valence-electron chi connectivity index (χ0n) is 16.6. The van der Waals surface area contributed by atoms with E-state index in [0.29, 0.717) is 6.42 Å². The summed E-state index contributed by atoms with van der Waals surface area (Å²) in [6.45, 7) is 12.8. The van der Waals surface area contributed by atoms with Crippen LogP contribution in [0.1, 0.15) is 43.0 Å². The number of fused-ring (bicyclic) bond motifs is 3. The Kier molecular flexibility index (Phi) is 5.32. The summed E-state index contributed by atoms with van der Waals surface area (Å²) >= 11 is 1.84. The van der Waals surface area contributed by atoms with Crippen LogP contribution in [0.4, 0.5) is 5.82 Å². The SMILES string of the molecule is CCCC(=O)N1CCN(c2nc(C)nc3sc4c(c23)CCN(CC)C4)CC1. The average Bonchev–Trinajstić information content (AvgIpc) is 3.04. The number of thiophene rings is 1. The number of carbonyl (C=O) groups excluding carboxylic acids is 1. The highest BCUT2D eigenvalue weighted by Gasteiger charge is 2.28. The van der Waals surface area contributed by atoms with E-state index < -0.39 is 0 Å². The highest BCUT2D eigenvalue weighted by atomic mass is 32.1. The van der Waals surface area contributed by atoms with Crippen molar-refractivity contribution in [2.24, 2.45) is 0 Å². The summed E-state index contributed by atoms with van der Waals surface area (Å²) in [5.74, 6) is 2.21. The first-order valence-electron chi connectivity index (χ1n) is 10.1. The van der Waals surface area contributed by atoms with Crippen molar-refractivity contribution in [3.63, 3.8) is 0 Å². The number of rotatable bonds is 4. The van der Waals surface area contributed by atoms with Gasteiger partial charge in [-0.3, -0.25) is 9.69 Å². The summed E-state index contributed by atoms with van der Waals surface area (Å²) < 4.78 is 0. The zero-order valence-corrected chi connectivity index (χ0v) is 17.4. The van der Waals surface area contributed by atoms with Crippen molar-refractivity contribution in [3.05, 3.63) is 16.3 Å². The summed E-state index contributed by atoms with van der Waals surface area (Å²) in [5, 5.41) is 1.27. The molecule has 4 rings (SSSR count). The Balaban J connectivity index is 1.63. The molecule has 2 aliphatic rings. The van der Waals surface area contributed by atoms with E-state index in [0.717, 1.165) is 75.1 Å². The molecule has 0 saturated carbocycles. The van der Waals surface area contributed by atoms with E-state index >= 15 is 0 Å². The maximum Gasteiger partial charge on any atom is 0.222 e. The predicted octanol–water partition coefficient (Wildman–Crippen LogP) is 2.83. The minimum atomic E-state index is 0.286. The monoisotopic (exact) mass is 387 g/mol.